The first-order chi connectivity index (χ1) is 21.6. The van der Waals surface area contributed by atoms with Gasteiger partial charge in [-0.3, -0.25) is 9.36 Å². The van der Waals surface area contributed by atoms with E-state index in [1.807, 2.05) is 30.3 Å². The van der Waals surface area contributed by atoms with Gasteiger partial charge in [-0.2, -0.15) is 0 Å². The van der Waals surface area contributed by atoms with Gasteiger partial charge in [0.15, 0.2) is 8.32 Å². The highest BCUT2D eigenvalue weighted by Gasteiger charge is 2.50. The number of hydrogen-bond acceptors (Lipinski definition) is 4. The Balaban J connectivity index is 1.47. The summed E-state index contributed by atoms with van der Waals surface area (Å²) in [6.45, 7) is 10.8. The highest BCUT2D eigenvalue weighted by atomic mass is 31.2. The van der Waals surface area contributed by atoms with Crippen molar-refractivity contribution in [2.24, 2.45) is 5.92 Å². The Labute approximate surface area is 271 Å². The number of rotatable bonds is 10. The highest BCUT2D eigenvalue weighted by Crippen LogP contribution is 2.50. The molecule has 46 heavy (non-hydrogen) atoms. The van der Waals surface area contributed by atoms with Crippen LogP contribution in [0.25, 0.3) is 11.1 Å². The number of hydrogen-bond donors (Lipinski definition) is 3. The van der Waals surface area contributed by atoms with E-state index < -0.39 is 27.9 Å². The molecule has 1 amide bonds. The zero-order valence-corrected chi connectivity index (χ0v) is 28.6. The van der Waals surface area contributed by atoms with Crippen LogP contribution in [0, 0.1) is 11.7 Å². The molecule has 1 fully saturated rings. The van der Waals surface area contributed by atoms with E-state index in [4.69, 9.17) is 4.43 Å². The molecule has 1 aliphatic rings. The predicted octanol–water partition coefficient (Wildman–Crippen LogP) is 8.25. The van der Waals surface area contributed by atoms with Crippen LogP contribution in [0.5, 0.6) is 5.75 Å². The van der Waals surface area contributed by atoms with Gasteiger partial charge in [0.05, 0.1) is 23.4 Å². The maximum atomic E-state index is 13.9. The van der Waals surface area contributed by atoms with Crippen LogP contribution in [0.15, 0.2) is 97.1 Å². The molecule has 1 saturated heterocycles. The molecule has 4 aromatic rings. The number of nitrogens with zero attached hydrogens (tertiary/aromatic N) is 1. The smallest absolute Gasteiger partial charge is 0.356 e. The van der Waals surface area contributed by atoms with Crippen LogP contribution in [-0.4, -0.2) is 29.1 Å². The lowest BCUT2D eigenvalue weighted by atomic mass is 9.77. The zero-order chi connectivity index (χ0) is 33.4. The number of carbonyl (C=O) groups is 1. The molecule has 0 saturated carbocycles. The monoisotopic (exact) mass is 661 g/mol. The molecule has 0 bridgehead atoms. The van der Waals surface area contributed by atoms with Crippen LogP contribution in [-0.2, 0) is 13.8 Å². The second kappa shape index (κ2) is 12.9. The van der Waals surface area contributed by atoms with E-state index in [0.29, 0.717) is 29.5 Å². The number of para-hydroxylation sites is 1. The number of phenolic OH excluding ortho intramolecular Hbond substituents is 1. The number of carbonyl (C=O) groups excluding carboxylic acids is 1. The second-order valence-electron chi connectivity index (χ2n) is 13.5. The lowest BCUT2D eigenvalue weighted by Crippen LogP contribution is -2.55. The molecule has 0 radical (unpaired) electrons. The molecule has 4 aromatic carbocycles. The maximum Gasteiger partial charge on any atom is 0.356 e. The van der Waals surface area contributed by atoms with Gasteiger partial charge in [0.2, 0.25) is 5.91 Å². The fourth-order valence-electron chi connectivity index (χ4n) is 5.74. The number of phenols is 1. The van der Waals surface area contributed by atoms with Crippen LogP contribution in [0.3, 0.4) is 0 Å². The summed E-state index contributed by atoms with van der Waals surface area (Å²) in [6, 6.07) is 26.4. The largest absolute Gasteiger partial charge is 0.508 e. The van der Waals surface area contributed by atoms with Crippen LogP contribution >= 0.6 is 7.60 Å². The van der Waals surface area contributed by atoms with Gasteiger partial charge in [0, 0.05) is 11.3 Å². The Hall–Kier alpha value is -3.59. The zero-order valence-electron chi connectivity index (χ0n) is 26.7. The van der Waals surface area contributed by atoms with Gasteiger partial charge in [-0.15, -0.1) is 0 Å². The maximum absolute atomic E-state index is 13.9. The van der Waals surface area contributed by atoms with E-state index in [-0.39, 0.29) is 33.9 Å². The van der Waals surface area contributed by atoms with Crippen LogP contribution in [0.2, 0.25) is 18.1 Å². The molecule has 3 N–H and O–H groups in total. The average molecular weight is 662 g/mol. The van der Waals surface area contributed by atoms with Crippen molar-refractivity contribution in [3.8, 4) is 16.9 Å². The van der Waals surface area contributed by atoms with Crippen molar-refractivity contribution in [2.75, 3.05) is 4.90 Å². The van der Waals surface area contributed by atoms with E-state index in [9.17, 15) is 28.6 Å². The summed E-state index contributed by atoms with van der Waals surface area (Å²) in [6.07, 6.45) is 0.675. The predicted molar refractivity (Wildman–Crippen MR) is 182 cm³/mol. The SMILES string of the molecule is CC(C)(C)[Si](C)(C)O[C@@H](CC[C@H]1C(=O)N(c2ccccc2)[C@@H]1c1ccc(-c2cccc(P(=O)(O)O)c2)cc1O)c1ccc(F)cc1. The lowest BCUT2D eigenvalue weighted by Gasteiger charge is -2.48. The summed E-state index contributed by atoms with van der Waals surface area (Å²) >= 11 is 0. The number of anilines is 1. The summed E-state index contributed by atoms with van der Waals surface area (Å²) in [5.74, 6) is -0.842. The van der Waals surface area contributed by atoms with Crippen LogP contribution in [0.4, 0.5) is 10.1 Å². The molecule has 0 aromatic heterocycles. The molecule has 1 aliphatic heterocycles. The Morgan fingerprint density at radius 2 is 1.57 bits per heavy atom. The lowest BCUT2D eigenvalue weighted by molar-refractivity contribution is -0.131. The molecule has 242 valence electrons. The summed E-state index contributed by atoms with van der Waals surface area (Å²) in [4.78, 5) is 34.8. The summed E-state index contributed by atoms with van der Waals surface area (Å²) < 4.78 is 32.5. The van der Waals surface area contributed by atoms with Crippen molar-refractivity contribution in [3.63, 3.8) is 0 Å². The number of β-lactam (4-membered cyclic amide) rings is 1. The van der Waals surface area contributed by atoms with E-state index in [2.05, 4.69) is 33.9 Å². The fraction of sp³-hybridized carbons (Fsp3) is 0.306. The van der Waals surface area contributed by atoms with E-state index in [0.717, 1.165) is 11.3 Å². The van der Waals surface area contributed by atoms with E-state index in [1.54, 1.807) is 47.4 Å². The Morgan fingerprint density at radius 3 is 2.17 bits per heavy atom. The van der Waals surface area contributed by atoms with Crippen LogP contribution in [0.1, 0.15) is 56.9 Å². The topological polar surface area (TPSA) is 107 Å². The van der Waals surface area contributed by atoms with Gasteiger partial charge in [-0.05, 0) is 90.1 Å². The third-order valence-electron chi connectivity index (χ3n) is 9.34. The summed E-state index contributed by atoms with van der Waals surface area (Å²) in [5.41, 5.74) is 3.29. The summed E-state index contributed by atoms with van der Waals surface area (Å²) in [5, 5.41) is 11.2. The molecule has 5 rings (SSSR count). The average Bonchev–Trinajstić information content (AvgIpc) is 2.99. The van der Waals surface area contributed by atoms with Crippen LogP contribution < -0.4 is 10.2 Å². The van der Waals surface area contributed by atoms with Crippen molar-refractivity contribution in [1.82, 2.24) is 0 Å². The van der Waals surface area contributed by atoms with E-state index in [1.165, 1.54) is 24.3 Å². The molecule has 0 spiro atoms. The molecule has 7 nitrogen and oxygen atoms in total. The first kappa shape index (κ1) is 33.8. The van der Waals surface area contributed by atoms with Gasteiger partial charge in [0.1, 0.15) is 11.6 Å². The van der Waals surface area contributed by atoms with Crippen molar-refractivity contribution in [2.45, 2.75) is 63.9 Å². The van der Waals surface area contributed by atoms with E-state index >= 15 is 0 Å². The minimum Gasteiger partial charge on any atom is -0.508 e. The van der Waals surface area contributed by atoms with Crippen molar-refractivity contribution < 1.29 is 33.1 Å². The Morgan fingerprint density at radius 1 is 0.913 bits per heavy atom. The van der Waals surface area contributed by atoms with Crippen molar-refractivity contribution in [1.29, 1.82) is 0 Å². The minimum absolute atomic E-state index is 0.0184. The highest BCUT2D eigenvalue weighted by molar-refractivity contribution is 7.60. The Kier molecular flexibility index (Phi) is 9.46. The summed E-state index contributed by atoms with van der Waals surface area (Å²) in [7, 11) is -6.69. The first-order valence-electron chi connectivity index (χ1n) is 15.4. The van der Waals surface area contributed by atoms with Crippen molar-refractivity contribution in [3.05, 3.63) is 114 Å². The number of benzene rings is 4. The minimum atomic E-state index is -4.45. The Bertz CT molecular complexity index is 1750. The van der Waals surface area contributed by atoms with Crippen molar-refractivity contribution >= 4 is 32.8 Å². The molecule has 0 aliphatic carbocycles. The molecular formula is C36H41FNO6PSi. The van der Waals surface area contributed by atoms with Gasteiger partial charge in [-0.25, -0.2) is 4.39 Å². The normalized spacial score (nSPS) is 17.9. The third-order valence-corrected chi connectivity index (χ3v) is 14.8. The van der Waals surface area contributed by atoms with Gasteiger partial charge < -0.3 is 24.2 Å². The molecule has 10 heteroatoms. The van der Waals surface area contributed by atoms with Gasteiger partial charge >= 0.3 is 7.60 Å². The first-order valence-corrected chi connectivity index (χ1v) is 19.9. The standard InChI is InChI=1S/C36H41FNO6PSi/c1-36(2,3)46(4,5)44-33(24-14-17-27(37)18-15-24)21-20-31-34(38(35(31)40)28-11-7-6-8-12-28)30-19-16-26(23-32(30)39)25-10-9-13-29(22-25)45(41,42)43/h6-19,22-23,31,33-34,39H,20-21H2,1-5H3,(H2,41,42,43)/t31-,33+,34-/m1/s1. The third kappa shape index (κ3) is 7.04. The fourth-order valence-corrected chi connectivity index (χ4v) is 7.64. The molecule has 0 unspecified atom stereocenters. The second-order valence-corrected chi connectivity index (χ2v) is 19.8. The molecule has 1 heterocycles. The quantitative estimate of drug-likeness (QED) is 0.0898. The number of amides is 1. The van der Waals surface area contributed by atoms with Gasteiger partial charge in [-0.1, -0.05) is 75.4 Å². The van der Waals surface area contributed by atoms with Gasteiger partial charge in [0.25, 0.3) is 0 Å². The molecule has 3 atom stereocenters. The number of aromatic hydroxyl groups is 1. The molecular weight excluding hydrogens is 620 g/mol. The number of halogens is 1.